The van der Waals surface area contributed by atoms with E-state index < -0.39 is 17.7 Å². The Hall–Kier alpha value is -3.71. The highest BCUT2D eigenvalue weighted by Gasteiger charge is 2.46. The highest BCUT2D eigenvalue weighted by atomic mass is 35.5. The van der Waals surface area contributed by atoms with Crippen molar-refractivity contribution < 1.29 is 19.4 Å². The van der Waals surface area contributed by atoms with Gasteiger partial charge >= 0.3 is 0 Å². The van der Waals surface area contributed by atoms with Crippen molar-refractivity contribution in [2.45, 2.75) is 12.6 Å². The van der Waals surface area contributed by atoms with Crippen LogP contribution in [-0.2, 0) is 16.1 Å². The van der Waals surface area contributed by atoms with Gasteiger partial charge < -0.3 is 14.7 Å². The van der Waals surface area contributed by atoms with Gasteiger partial charge in [0.25, 0.3) is 11.7 Å². The molecule has 8 heteroatoms. The van der Waals surface area contributed by atoms with E-state index in [4.69, 9.17) is 16.3 Å². The molecule has 0 saturated carbocycles. The fraction of sp³-hybridized carbons (Fsp3) is 0.130. The Labute approximate surface area is 183 Å². The molecule has 3 heterocycles. The lowest BCUT2D eigenvalue weighted by atomic mass is 9.96. The van der Waals surface area contributed by atoms with Crippen LogP contribution in [0.1, 0.15) is 22.9 Å². The Kier molecular flexibility index (Phi) is 5.68. The van der Waals surface area contributed by atoms with Gasteiger partial charge in [0, 0.05) is 24.2 Å². The second kappa shape index (κ2) is 8.57. The maximum absolute atomic E-state index is 13.0. The van der Waals surface area contributed by atoms with Crippen LogP contribution in [0.3, 0.4) is 0 Å². The first kappa shape index (κ1) is 20.6. The van der Waals surface area contributed by atoms with Gasteiger partial charge in [-0.25, -0.2) is 0 Å². The summed E-state index contributed by atoms with van der Waals surface area (Å²) in [7, 11) is 1.45. The normalized spacial score (nSPS) is 17.7. The molecule has 1 N–H and O–H groups in total. The zero-order chi connectivity index (χ0) is 22.0. The van der Waals surface area contributed by atoms with Crippen molar-refractivity contribution in [2.24, 2.45) is 0 Å². The van der Waals surface area contributed by atoms with Crippen molar-refractivity contribution in [3.63, 3.8) is 0 Å². The molecular formula is C23H18ClN3O4. The van der Waals surface area contributed by atoms with E-state index in [0.29, 0.717) is 27.6 Å². The number of hydrogen-bond acceptors (Lipinski definition) is 6. The molecule has 0 bridgehead atoms. The molecule has 156 valence electrons. The number of aliphatic hydroxyl groups excluding tert-OH is 1. The third-order valence-corrected chi connectivity index (χ3v) is 5.36. The molecule has 7 nitrogen and oxygen atoms in total. The first-order chi connectivity index (χ1) is 15.0. The van der Waals surface area contributed by atoms with E-state index in [0.717, 1.165) is 0 Å². The molecule has 4 rings (SSSR count). The number of aliphatic hydroxyl groups is 1. The monoisotopic (exact) mass is 435 g/mol. The van der Waals surface area contributed by atoms with Gasteiger partial charge in [-0.1, -0.05) is 17.7 Å². The number of ketones is 1. The molecule has 31 heavy (non-hydrogen) atoms. The lowest BCUT2D eigenvalue weighted by Crippen LogP contribution is -2.29. The Morgan fingerprint density at radius 2 is 1.90 bits per heavy atom. The first-order valence-corrected chi connectivity index (χ1v) is 9.81. The second-order valence-corrected chi connectivity index (χ2v) is 7.29. The maximum atomic E-state index is 13.0. The van der Waals surface area contributed by atoms with Crippen LogP contribution >= 0.6 is 11.6 Å². The molecule has 1 aliphatic heterocycles. The van der Waals surface area contributed by atoms with Crippen LogP contribution in [0.5, 0.6) is 5.75 Å². The van der Waals surface area contributed by atoms with Crippen LogP contribution in [0.25, 0.3) is 5.76 Å². The van der Waals surface area contributed by atoms with Gasteiger partial charge in [0.1, 0.15) is 11.5 Å². The van der Waals surface area contributed by atoms with Crippen molar-refractivity contribution in [3.8, 4) is 5.75 Å². The quantitative estimate of drug-likeness (QED) is 0.372. The number of carbonyl (C=O) groups is 2. The maximum Gasteiger partial charge on any atom is 0.296 e. The fourth-order valence-corrected chi connectivity index (χ4v) is 3.76. The summed E-state index contributed by atoms with van der Waals surface area (Å²) in [6.45, 7) is 0.110. The number of Topliss-reactive ketones (excluding diaryl/α,β-unsaturated/α-hetero) is 1. The summed E-state index contributed by atoms with van der Waals surface area (Å²) in [5, 5.41) is 11.4. The van der Waals surface area contributed by atoms with Crippen molar-refractivity contribution in [2.75, 3.05) is 7.11 Å². The van der Waals surface area contributed by atoms with Crippen molar-refractivity contribution in [1.82, 2.24) is 14.9 Å². The summed E-state index contributed by atoms with van der Waals surface area (Å²) in [5.74, 6) is -1.45. The van der Waals surface area contributed by atoms with Gasteiger partial charge in [-0.2, -0.15) is 0 Å². The topological polar surface area (TPSA) is 92.6 Å². The summed E-state index contributed by atoms with van der Waals surface area (Å²) in [6.07, 6.45) is 4.76. The van der Waals surface area contributed by atoms with E-state index >= 15 is 0 Å². The van der Waals surface area contributed by atoms with E-state index in [1.807, 2.05) is 0 Å². The Bertz CT molecular complexity index is 1170. The predicted octanol–water partition coefficient (Wildman–Crippen LogP) is 3.76. The zero-order valence-electron chi connectivity index (χ0n) is 16.5. The molecule has 1 fully saturated rings. The highest BCUT2D eigenvalue weighted by molar-refractivity contribution is 6.46. The van der Waals surface area contributed by atoms with Gasteiger partial charge in [-0.3, -0.25) is 19.6 Å². The minimum absolute atomic E-state index is 0.0171. The average molecular weight is 436 g/mol. The SMILES string of the molecule is COc1cc(/C(O)=C2/C(=O)C(=O)N(Cc3ccccn3)C2c2ccncc2)ccc1Cl. The number of amides is 1. The number of rotatable bonds is 5. The third kappa shape index (κ3) is 3.87. The molecule has 1 saturated heterocycles. The molecule has 1 amide bonds. The first-order valence-electron chi connectivity index (χ1n) is 9.43. The smallest absolute Gasteiger partial charge is 0.296 e. The summed E-state index contributed by atoms with van der Waals surface area (Å²) >= 11 is 6.08. The molecule has 1 unspecified atom stereocenters. The van der Waals surface area contributed by atoms with Crippen LogP contribution in [0.15, 0.2) is 72.7 Å². The number of benzene rings is 1. The fourth-order valence-electron chi connectivity index (χ4n) is 3.56. The number of pyridine rings is 2. The van der Waals surface area contributed by atoms with E-state index in [1.54, 1.807) is 61.1 Å². The van der Waals surface area contributed by atoms with E-state index in [-0.39, 0.29) is 17.9 Å². The molecule has 0 radical (unpaired) electrons. The van der Waals surface area contributed by atoms with Crippen LogP contribution in [0.2, 0.25) is 5.02 Å². The molecule has 0 aliphatic carbocycles. The largest absolute Gasteiger partial charge is 0.507 e. The predicted molar refractivity (Wildman–Crippen MR) is 114 cm³/mol. The van der Waals surface area contributed by atoms with E-state index in [1.165, 1.54) is 18.1 Å². The van der Waals surface area contributed by atoms with E-state index in [2.05, 4.69) is 9.97 Å². The Morgan fingerprint density at radius 1 is 1.13 bits per heavy atom. The Balaban J connectivity index is 1.86. The molecular weight excluding hydrogens is 418 g/mol. The van der Waals surface area contributed by atoms with Gasteiger partial charge in [-0.15, -0.1) is 0 Å². The molecule has 1 atom stereocenters. The average Bonchev–Trinajstić information content (AvgIpc) is 3.05. The molecule has 3 aromatic rings. The number of halogens is 1. The summed E-state index contributed by atoms with van der Waals surface area (Å²) in [6, 6.07) is 12.6. The number of ether oxygens (including phenoxy) is 1. The number of likely N-dealkylation sites (tertiary alicyclic amines) is 1. The number of nitrogens with zero attached hydrogens (tertiary/aromatic N) is 3. The second-order valence-electron chi connectivity index (χ2n) is 6.88. The number of methoxy groups -OCH3 is 1. The minimum atomic E-state index is -0.799. The molecule has 0 spiro atoms. The summed E-state index contributed by atoms with van der Waals surface area (Å²) < 4.78 is 5.21. The van der Waals surface area contributed by atoms with Crippen LogP contribution < -0.4 is 4.74 Å². The molecule has 1 aliphatic rings. The van der Waals surface area contributed by atoms with Crippen LogP contribution in [0, 0.1) is 0 Å². The lowest BCUT2D eigenvalue weighted by molar-refractivity contribution is -0.140. The number of carbonyl (C=O) groups excluding carboxylic acids is 2. The van der Waals surface area contributed by atoms with Crippen LogP contribution in [-0.4, -0.2) is 38.8 Å². The van der Waals surface area contributed by atoms with E-state index in [9.17, 15) is 14.7 Å². The molecule has 2 aromatic heterocycles. The Morgan fingerprint density at radius 3 is 2.58 bits per heavy atom. The van der Waals surface area contributed by atoms with Gasteiger partial charge in [0.2, 0.25) is 0 Å². The van der Waals surface area contributed by atoms with Crippen molar-refractivity contribution in [1.29, 1.82) is 0 Å². The standard InChI is InChI=1S/C23H18ClN3O4/c1-31-18-12-15(5-6-17(18)24)21(28)19-20(14-7-10-25-11-8-14)27(23(30)22(19)29)13-16-4-2-3-9-26-16/h2-12,20,28H,13H2,1H3/b21-19-. The summed E-state index contributed by atoms with van der Waals surface area (Å²) in [5.41, 5.74) is 1.57. The van der Waals surface area contributed by atoms with Crippen LogP contribution in [0.4, 0.5) is 0 Å². The van der Waals surface area contributed by atoms with Crippen molar-refractivity contribution in [3.05, 3.63) is 94.5 Å². The third-order valence-electron chi connectivity index (χ3n) is 5.04. The zero-order valence-corrected chi connectivity index (χ0v) is 17.3. The highest BCUT2D eigenvalue weighted by Crippen LogP contribution is 2.40. The minimum Gasteiger partial charge on any atom is -0.507 e. The van der Waals surface area contributed by atoms with Gasteiger partial charge in [0.15, 0.2) is 0 Å². The van der Waals surface area contributed by atoms with Gasteiger partial charge in [-0.05, 0) is 48.0 Å². The molecule has 1 aromatic carbocycles. The number of aromatic nitrogens is 2. The lowest BCUT2D eigenvalue weighted by Gasteiger charge is -2.25. The summed E-state index contributed by atoms with van der Waals surface area (Å²) in [4.78, 5) is 35.7. The number of hydrogen-bond donors (Lipinski definition) is 1. The van der Waals surface area contributed by atoms with Crippen molar-refractivity contribution >= 4 is 29.1 Å². The van der Waals surface area contributed by atoms with Gasteiger partial charge in [0.05, 0.1) is 36.0 Å².